The monoisotopic (exact) mass is 329 g/mol. The van der Waals surface area contributed by atoms with Gasteiger partial charge >= 0.3 is 5.97 Å². The maximum atomic E-state index is 11.4. The number of oxime groups is 1. The van der Waals surface area contributed by atoms with E-state index in [1.807, 2.05) is 36.4 Å². The van der Waals surface area contributed by atoms with Gasteiger partial charge in [0.15, 0.2) is 0 Å². The maximum Gasteiger partial charge on any atom is 0.335 e. The number of hydrogen-bond donors (Lipinski definition) is 1. The van der Waals surface area contributed by atoms with E-state index >= 15 is 0 Å². The number of benzene rings is 1. The molecule has 1 aromatic carbocycles. The number of nitrogens with zero attached hydrogens (tertiary/aromatic N) is 1. The van der Waals surface area contributed by atoms with E-state index in [9.17, 15) is 9.90 Å². The molecule has 0 amide bonds. The zero-order valence-electron chi connectivity index (χ0n) is 13.3. The number of fused-ring (bicyclic) bond motifs is 1. The molecule has 1 aromatic rings. The number of carboxylic acids is 1. The molecule has 3 rings (SSSR count). The van der Waals surface area contributed by atoms with Gasteiger partial charge in [-0.15, -0.1) is 0 Å². The first-order valence-electron chi connectivity index (χ1n) is 7.71. The Balaban J connectivity index is 1.78. The van der Waals surface area contributed by atoms with Crippen molar-refractivity contribution in [1.82, 2.24) is 0 Å². The van der Waals surface area contributed by atoms with Crippen LogP contribution >= 0.6 is 0 Å². The first-order chi connectivity index (χ1) is 11.7. The van der Waals surface area contributed by atoms with Crippen LogP contribution in [-0.4, -0.2) is 30.7 Å². The summed E-state index contributed by atoms with van der Waals surface area (Å²) in [6.07, 6.45) is 4.92. The van der Waals surface area contributed by atoms with E-state index in [-0.39, 0.29) is 17.4 Å². The van der Waals surface area contributed by atoms with Crippen molar-refractivity contribution in [2.45, 2.75) is 19.3 Å². The molecule has 0 radical (unpaired) electrons. The average Bonchev–Trinajstić information content (AvgIpc) is 3.02. The molecular formula is C18H19NO5. The second kappa shape index (κ2) is 7.31. The van der Waals surface area contributed by atoms with Gasteiger partial charge in [0, 0.05) is 5.92 Å². The number of hydrogen-bond acceptors (Lipinski definition) is 5. The Bertz CT molecular complexity index is 680. The summed E-state index contributed by atoms with van der Waals surface area (Å²) < 4.78 is 11.5. The molecule has 0 saturated heterocycles. The van der Waals surface area contributed by atoms with Gasteiger partial charge in [-0.1, -0.05) is 41.6 Å². The minimum Gasteiger partial charge on any atom is -0.478 e. The lowest BCUT2D eigenvalue weighted by atomic mass is 9.83. The van der Waals surface area contributed by atoms with Crippen molar-refractivity contribution in [3.8, 4) is 0 Å². The van der Waals surface area contributed by atoms with Crippen LogP contribution in [0.1, 0.15) is 12.0 Å². The summed E-state index contributed by atoms with van der Waals surface area (Å²) in [7, 11) is 1.47. The number of allylic oxidation sites excluding steroid dienone is 1. The van der Waals surface area contributed by atoms with Crippen molar-refractivity contribution in [2.24, 2.45) is 17.0 Å². The third-order valence-electron chi connectivity index (χ3n) is 4.26. The highest BCUT2D eigenvalue weighted by Gasteiger charge is 2.44. The fourth-order valence-corrected chi connectivity index (χ4v) is 3.11. The number of ether oxygens (including phenoxy) is 2. The molecule has 0 bridgehead atoms. The normalized spacial score (nSPS) is 25.6. The number of aliphatic carboxylic acids is 1. The average molecular weight is 329 g/mol. The third kappa shape index (κ3) is 3.33. The summed E-state index contributed by atoms with van der Waals surface area (Å²) in [5.74, 6) is -1.37. The molecule has 0 fully saturated rings. The van der Waals surface area contributed by atoms with E-state index in [0.29, 0.717) is 13.0 Å². The smallest absolute Gasteiger partial charge is 0.335 e. The van der Waals surface area contributed by atoms with Gasteiger partial charge in [-0.05, 0) is 17.6 Å². The highest BCUT2D eigenvalue weighted by molar-refractivity contribution is 5.89. The van der Waals surface area contributed by atoms with Gasteiger partial charge in [-0.3, -0.25) is 0 Å². The molecule has 3 atom stereocenters. The van der Waals surface area contributed by atoms with Crippen molar-refractivity contribution >= 4 is 12.2 Å². The van der Waals surface area contributed by atoms with Crippen LogP contribution in [0, 0.1) is 11.8 Å². The molecule has 0 saturated carbocycles. The first-order valence-corrected chi connectivity index (χ1v) is 7.71. The fraction of sp³-hybridized carbons (Fsp3) is 0.333. The predicted molar refractivity (Wildman–Crippen MR) is 87.0 cm³/mol. The van der Waals surface area contributed by atoms with Gasteiger partial charge in [0.1, 0.15) is 7.11 Å². The summed E-state index contributed by atoms with van der Waals surface area (Å²) in [6, 6.07) is 9.76. The topological polar surface area (TPSA) is 77.4 Å². The predicted octanol–water partition coefficient (Wildman–Crippen LogP) is 2.72. The van der Waals surface area contributed by atoms with Gasteiger partial charge in [0.25, 0.3) is 0 Å². The first kappa shape index (κ1) is 16.3. The van der Waals surface area contributed by atoms with E-state index < -0.39 is 12.3 Å². The largest absolute Gasteiger partial charge is 0.478 e. The van der Waals surface area contributed by atoms with Crippen molar-refractivity contribution < 1.29 is 24.2 Å². The summed E-state index contributed by atoms with van der Waals surface area (Å²) in [6.45, 7) is 0.389. The van der Waals surface area contributed by atoms with Crippen molar-refractivity contribution in [3.05, 3.63) is 59.4 Å². The molecule has 126 valence electrons. The maximum absolute atomic E-state index is 11.4. The van der Waals surface area contributed by atoms with Gasteiger partial charge in [-0.2, -0.15) is 0 Å². The van der Waals surface area contributed by atoms with Gasteiger partial charge in [0.05, 0.1) is 30.6 Å². The van der Waals surface area contributed by atoms with Crippen LogP contribution in [0.3, 0.4) is 0 Å². The highest BCUT2D eigenvalue weighted by atomic mass is 16.7. The number of rotatable bonds is 6. The Hall–Kier alpha value is -2.60. The molecule has 2 aliphatic rings. The summed E-state index contributed by atoms with van der Waals surface area (Å²) in [4.78, 5) is 16.2. The summed E-state index contributed by atoms with van der Waals surface area (Å²) in [5, 5.41) is 13.2. The Labute approximate surface area is 140 Å². The second-order valence-electron chi connectivity index (χ2n) is 5.67. The molecule has 1 N–H and O–H groups in total. The SMILES string of the molecule is CON=CC1=CC[C@@H]2C(C(=O)O)=CO[C@@H](OCc3ccccc3)[C@H]12. The Kier molecular flexibility index (Phi) is 4.96. The number of carbonyl (C=O) groups is 1. The van der Waals surface area contributed by atoms with Gasteiger partial charge in [-0.25, -0.2) is 4.79 Å². The molecule has 1 heterocycles. The van der Waals surface area contributed by atoms with E-state index in [4.69, 9.17) is 14.3 Å². The van der Waals surface area contributed by atoms with Crippen molar-refractivity contribution in [1.29, 1.82) is 0 Å². The molecule has 24 heavy (non-hydrogen) atoms. The fourth-order valence-electron chi connectivity index (χ4n) is 3.11. The Morgan fingerprint density at radius 3 is 2.92 bits per heavy atom. The van der Waals surface area contributed by atoms with Gasteiger partial charge in [0.2, 0.25) is 6.29 Å². The second-order valence-corrected chi connectivity index (χ2v) is 5.67. The van der Waals surface area contributed by atoms with Crippen LogP contribution in [-0.2, 0) is 25.7 Å². The third-order valence-corrected chi connectivity index (χ3v) is 4.26. The molecule has 1 aliphatic carbocycles. The van der Waals surface area contributed by atoms with Crippen molar-refractivity contribution in [3.63, 3.8) is 0 Å². The van der Waals surface area contributed by atoms with Crippen LogP contribution in [0.15, 0.2) is 59.0 Å². The van der Waals surface area contributed by atoms with E-state index in [1.165, 1.54) is 13.4 Å². The zero-order valence-corrected chi connectivity index (χ0v) is 13.3. The van der Waals surface area contributed by atoms with E-state index in [0.717, 1.165) is 11.1 Å². The molecule has 6 nitrogen and oxygen atoms in total. The molecular weight excluding hydrogens is 310 g/mol. The highest BCUT2D eigenvalue weighted by Crippen LogP contribution is 2.43. The van der Waals surface area contributed by atoms with Crippen LogP contribution < -0.4 is 0 Å². The van der Waals surface area contributed by atoms with E-state index in [1.54, 1.807) is 6.21 Å². The Morgan fingerprint density at radius 2 is 2.21 bits per heavy atom. The van der Waals surface area contributed by atoms with Crippen LogP contribution in [0.25, 0.3) is 0 Å². The minimum atomic E-state index is -0.968. The molecule has 0 aromatic heterocycles. The number of carboxylic acid groups (broad SMARTS) is 1. The van der Waals surface area contributed by atoms with Gasteiger partial charge < -0.3 is 19.4 Å². The van der Waals surface area contributed by atoms with Crippen LogP contribution in [0.5, 0.6) is 0 Å². The summed E-state index contributed by atoms with van der Waals surface area (Å²) in [5.41, 5.74) is 2.16. The van der Waals surface area contributed by atoms with Crippen LogP contribution in [0.4, 0.5) is 0 Å². The lowest BCUT2D eigenvalue weighted by Gasteiger charge is -2.33. The van der Waals surface area contributed by atoms with E-state index in [2.05, 4.69) is 5.16 Å². The lowest BCUT2D eigenvalue weighted by Crippen LogP contribution is -2.36. The molecule has 6 heteroatoms. The lowest BCUT2D eigenvalue weighted by molar-refractivity contribution is -0.158. The molecule has 0 unspecified atom stereocenters. The molecule has 0 spiro atoms. The standard InChI is InChI=1S/C18H19NO5/c1-22-19-9-13-7-8-14-15(17(20)21)11-24-18(16(13)14)23-10-12-5-3-2-4-6-12/h2-7,9,11,14,16,18H,8,10H2,1H3,(H,20,21)/t14-,16-,18-/m1/s1. The minimum absolute atomic E-state index is 0.185. The quantitative estimate of drug-likeness (QED) is 0.641. The van der Waals surface area contributed by atoms with Crippen molar-refractivity contribution in [2.75, 3.05) is 7.11 Å². The summed E-state index contributed by atoms with van der Waals surface area (Å²) >= 11 is 0. The zero-order chi connectivity index (χ0) is 16.9. The van der Waals surface area contributed by atoms with Crippen LogP contribution in [0.2, 0.25) is 0 Å². The Morgan fingerprint density at radius 1 is 1.42 bits per heavy atom. The molecule has 1 aliphatic heterocycles.